The van der Waals surface area contributed by atoms with Gasteiger partial charge in [-0.2, -0.15) is 5.10 Å². The minimum atomic E-state index is -1.04. The van der Waals surface area contributed by atoms with Gasteiger partial charge in [-0.3, -0.25) is 4.68 Å². The zero-order valence-electron chi connectivity index (χ0n) is 18.3. The minimum absolute atomic E-state index is 0.428. The third-order valence-electron chi connectivity index (χ3n) is 5.20. The first-order valence-electron chi connectivity index (χ1n) is 10.4. The Labute approximate surface area is 197 Å². The number of carboxylic acids is 1. The van der Waals surface area contributed by atoms with Crippen molar-refractivity contribution in [2.24, 2.45) is 0 Å². The topological polar surface area (TPSA) is 73.6 Å². The van der Waals surface area contributed by atoms with E-state index in [1.807, 2.05) is 84.4 Å². The van der Waals surface area contributed by atoms with Gasteiger partial charge in [0.15, 0.2) is 6.61 Å². The molecule has 0 radical (unpaired) electrons. The van der Waals surface area contributed by atoms with E-state index in [0.717, 1.165) is 33.7 Å². The van der Waals surface area contributed by atoms with Crippen molar-refractivity contribution in [1.82, 2.24) is 9.78 Å². The van der Waals surface area contributed by atoms with Gasteiger partial charge in [0, 0.05) is 16.1 Å². The van der Waals surface area contributed by atoms with Gasteiger partial charge in [-0.1, -0.05) is 48.0 Å². The number of aryl methyl sites for hydroxylation is 1. The van der Waals surface area contributed by atoms with Crippen LogP contribution in [0.2, 0.25) is 5.02 Å². The highest BCUT2D eigenvalue weighted by molar-refractivity contribution is 6.30. The Bertz CT molecular complexity index is 1280. The average molecular weight is 463 g/mol. The summed E-state index contributed by atoms with van der Waals surface area (Å²) in [5.74, 6) is 0.213. The predicted octanol–water partition coefficient (Wildman–Crippen LogP) is 5.70. The Kier molecular flexibility index (Phi) is 6.66. The maximum absolute atomic E-state index is 11.1. The fourth-order valence-corrected chi connectivity index (χ4v) is 3.74. The monoisotopic (exact) mass is 462 g/mol. The quantitative estimate of drug-likeness (QED) is 0.363. The van der Waals surface area contributed by atoms with E-state index < -0.39 is 12.6 Å². The van der Waals surface area contributed by atoms with Gasteiger partial charge in [-0.15, -0.1) is 0 Å². The van der Waals surface area contributed by atoms with Crippen LogP contribution in [-0.2, 0) is 11.3 Å². The molecule has 3 aromatic carbocycles. The molecule has 0 saturated heterocycles. The van der Waals surface area contributed by atoms with E-state index in [1.54, 1.807) is 7.11 Å². The number of carbonyl (C=O) groups is 1. The summed E-state index contributed by atoms with van der Waals surface area (Å²) >= 11 is 6.10. The molecule has 1 aromatic heterocycles. The summed E-state index contributed by atoms with van der Waals surface area (Å²) in [5.41, 5.74) is 5.18. The van der Waals surface area contributed by atoms with Gasteiger partial charge < -0.3 is 14.6 Å². The van der Waals surface area contributed by atoms with Crippen molar-refractivity contribution in [3.05, 3.63) is 88.9 Å². The first-order chi connectivity index (χ1) is 15.9. The summed E-state index contributed by atoms with van der Waals surface area (Å²) < 4.78 is 13.0. The fourth-order valence-electron chi connectivity index (χ4n) is 3.62. The number of hydrogen-bond donors (Lipinski definition) is 1. The summed E-state index contributed by atoms with van der Waals surface area (Å²) in [6.45, 7) is 1.98. The van der Waals surface area contributed by atoms with Crippen molar-refractivity contribution in [2.45, 2.75) is 13.5 Å². The van der Waals surface area contributed by atoms with Crippen molar-refractivity contribution < 1.29 is 19.4 Å². The molecule has 0 spiro atoms. The van der Waals surface area contributed by atoms with E-state index in [2.05, 4.69) is 0 Å². The van der Waals surface area contributed by atoms with Gasteiger partial charge in [0.1, 0.15) is 11.5 Å². The third kappa shape index (κ3) is 5.18. The smallest absolute Gasteiger partial charge is 0.341 e. The fraction of sp³-hybridized carbons (Fsp3) is 0.154. The number of aliphatic carboxylic acids is 1. The van der Waals surface area contributed by atoms with E-state index in [1.165, 1.54) is 0 Å². The Morgan fingerprint density at radius 2 is 1.79 bits per heavy atom. The number of para-hydroxylation sites is 1. The molecular weight excluding hydrogens is 440 g/mol. The van der Waals surface area contributed by atoms with E-state index >= 15 is 0 Å². The lowest BCUT2D eigenvalue weighted by Gasteiger charge is -2.11. The van der Waals surface area contributed by atoms with Crippen LogP contribution in [0.25, 0.3) is 22.5 Å². The molecule has 7 heteroatoms. The van der Waals surface area contributed by atoms with Crippen LogP contribution in [0.15, 0.2) is 72.8 Å². The molecule has 33 heavy (non-hydrogen) atoms. The molecule has 0 saturated carbocycles. The van der Waals surface area contributed by atoms with Gasteiger partial charge in [0.25, 0.3) is 0 Å². The number of ether oxygens (including phenoxy) is 2. The van der Waals surface area contributed by atoms with Crippen LogP contribution in [-0.4, -0.2) is 34.6 Å². The molecule has 1 N–H and O–H groups in total. The number of halogens is 1. The van der Waals surface area contributed by atoms with Crippen molar-refractivity contribution in [3.63, 3.8) is 0 Å². The molecule has 0 atom stereocenters. The molecular formula is C26H23ClN2O4. The van der Waals surface area contributed by atoms with Crippen LogP contribution in [0.3, 0.4) is 0 Å². The Hall–Kier alpha value is -3.77. The van der Waals surface area contributed by atoms with Crippen LogP contribution in [0, 0.1) is 6.92 Å². The number of benzene rings is 3. The lowest BCUT2D eigenvalue weighted by molar-refractivity contribution is -0.139. The molecule has 0 unspecified atom stereocenters. The summed E-state index contributed by atoms with van der Waals surface area (Å²) in [4.78, 5) is 11.1. The summed E-state index contributed by atoms with van der Waals surface area (Å²) in [7, 11) is 1.64. The zero-order chi connectivity index (χ0) is 23.4. The largest absolute Gasteiger partial charge is 0.496 e. The lowest BCUT2D eigenvalue weighted by Crippen LogP contribution is -2.10. The molecule has 4 rings (SSSR count). The molecule has 0 amide bonds. The standard InChI is InChI=1S/C26H23ClN2O4/c1-17-7-12-21(25(13-17)33-16-26(30)31)22-14-23(18-8-10-20(27)11-9-18)29(28-22)15-19-5-3-4-6-24(19)32-2/h3-14H,15-16H2,1-2H3,(H,30,31). The summed E-state index contributed by atoms with van der Waals surface area (Å²) in [6, 6.07) is 23.0. The van der Waals surface area contributed by atoms with Crippen LogP contribution in [0.4, 0.5) is 0 Å². The number of aromatic nitrogens is 2. The first-order valence-corrected chi connectivity index (χ1v) is 10.7. The summed E-state index contributed by atoms with van der Waals surface area (Å²) in [5, 5.41) is 14.6. The van der Waals surface area contributed by atoms with Crippen LogP contribution in [0.5, 0.6) is 11.5 Å². The van der Waals surface area contributed by atoms with Crippen molar-refractivity contribution in [1.29, 1.82) is 0 Å². The number of rotatable bonds is 8. The average Bonchev–Trinajstić information content (AvgIpc) is 3.22. The van der Waals surface area contributed by atoms with Gasteiger partial charge in [0.2, 0.25) is 0 Å². The molecule has 168 valence electrons. The highest BCUT2D eigenvalue weighted by Crippen LogP contribution is 2.34. The minimum Gasteiger partial charge on any atom is -0.496 e. The van der Waals surface area contributed by atoms with Gasteiger partial charge >= 0.3 is 5.97 Å². The molecule has 0 aliphatic carbocycles. The Morgan fingerprint density at radius 3 is 2.52 bits per heavy atom. The van der Waals surface area contributed by atoms with Crippen LogP contribution >= 0.6 is 11.6 Å². The van der Waals surface area contributed by atoms with Crippen molar-refractivity contribution >= 4 is 17.6 Å². The van der Waals surface area contributed by atoms with E-state index in [0.29, 0.717) is 23.0 Å². The van der Waals surface area contributed by atoms with Gasteiger partial charge in [-0.05, 0) is 54.4 Å². The lowest BCUT2D eigenvalue weighted by atomic mass is 10.1. The van der Waals surface area contributed by atoms with Crippen molar-refractivity contribution in [3.8, 4) is 34.0 Å². The van der Waals surface area contributed by atoms with E-state index in [9.17, 15) is 4.79 Å². The zero-order valence-corrected chi connectivity index (χ0v) is 19.0. The second-order valence-electron chi connectivity index (χ2n) is 7.57. The number of nitrogens with zero attached hydrogens (tertiary/aromatic N) is 2. The molecule has 0 aliphatic heterocycles. The number of methoxy groups -OCH3 is 1. The molecule has 4 aromatic rings. The van der Waals surface area contributed by atoms with Gasteiger partial charge in [0.05, 0.1) is 25.0 Å². The Morgan fingerprint density at radius 1 is 1.03 bits per heavy atom. The summed E-state index contributed by atoms with van der Waals surface area (Å²) in [6.07, 6.45) is 0. The SMILES string of the molecule is COc1ccccc1Cn1nc(-c2ccc(C)cc2OCC(=O)O)cc1-c1ccc(Cl)cc1. The predicted molar refractivity (Wildman–Crippen MR) is 128 cm³/mol. The number of hydrogen-bond acceptors (Lipinski definition) is 4. The van der Waals surface area contributed by atoms with Gasteiger partial charge in [-0.25, -0.2) is 4.79 Å². The van der Waals surface area contributed by atoms with Crippen LogP contribution < -0.4 is 9.47 Å². The third-order valence-corrected chi connectivity index (χ3v) is 5.45. The molecule has 0 aliphatic rings. The number of carboxylic acid groups (broad SMARTS) is 1. The molecule has 1 heterocycles. The highest BCUT2D eigenvalue weighted by Gasteiger charge is 2.17. The molecule has 0 bridgehead atoms. The van der Waals surface area contributed by atoms with Crippen LogP contribution in [0.1, 0.15) is 11.1 Å². The first kappa shape index (κ1) is 22.4. The highest BCUT2D eigenvalue weighted by atomic mass is 35.5. The van der Waals surface area contributed by atoms with E-state index in [4.69, 9.17) is 31.3 Å². The van der Waals surface area contributed by atoms with E-state index in [-0.39, 0.29) is 0 Å². The second-order valence-corrected chi connectivity index (χ2v) is 8.01. The van der Waals surface area contributed by atoms with Crippen molar-refractivity contribution in [2.75, 3.05) is 13.7 Å². The maximum atomic E-state index is 11.1. The Balaban J connectivity index is 1.82. The maximum Gasteiger partial charge on any atom is 0.341 e. The normalized spacial score (nSPS) is 10.8. The molecule has 6 nitrogen and oxygen atoms in total. The molecule has 0 fully saturated rings. The second kappa shape index (κ2) is 9.79.